The lowest BCUT2D eigenvalue weighted by Crippen LogP contribution is -2.47. The fourth-order valence-corrected chi connectivity index (χ4v) is 2.89. The van der Waals surface area contributed by atoms with Crippen LogP contribution in [0.2, 0.25) is 0 Å². The normalized spacial score (nSPS) is 22.2. The zero-order chi connectivity index (χ0) is 13.9. The molecular weight excluding hydrogens is 252 g/mol. The Labute approximate surface area is 119 Å². The van der Waals surface area contributed by atoms with E-state index in [2.05, 4.69) is 29.3 Å². The van der Waals surface area contributed by atoms with Crippen molar-refractivity contribution in [1.29, 1.82) is 0 Å². The molecule has 1 fully saturated rings. The van der Waals surface area contributed by atoms with Crippen molar-refractivity contribution in [3.05, 3.63) is 36.1 Å². The number of hydrogen-bond acceptors (Lipinski definition) is 4. The zero-order valence-electron chi connectivity index (χ0n) is 12.1. The van der Waals surface area contributed by atoms with Gasteiger partial charge in [0.05, 0.1) is 18.8 Å². The van der Waals surface area contributed by atoms with Gasteiger partial charge in [0.1, 0.15) is 11.3 Å². The summed E-state index contributed by atoms with van der Waals surface area (Å²) in [5, 5.41) is 4.49. The molecule has 1 aliphatic heterocycles. The van der Waals surface area contributed by atoms with Crippen LogP contribution in [0.15, 0.2) is 34.7 Å². The Morgan fingerprint density at radius 2 is 2.25 bits per heavy atom. The molecule has 0 amide bonds. The topological polar surface area (TPSA) is 37.6 Å². The number of nitrogens with zero attached hydrogens (tertiary/aromatic N) is 1. The average Bonchev–Trinajstić information content (AvgIpc) is 2.91. The van der Waals surface area contributed by atoms with Gasteiger partial charge in [0.15, 0.2) is 0 Å². The maximum atomic E-state index is 5.98. The van der Waals surface area contributed by atoms with Crippen LogP contribution in [-0.2, 0) is 4.74 Å². The van der Waals surface area contributed by atoms with E-state index >= 15 is 0 Å². The maximum Gasteiger partial charge on any atom is 0.134 e. The Kier molecular flexibility index (Phi) is 4.05. The van der Waals surface area contributed by atoms with Crippen LogP contribution in [0.4, 0.5) is 0 Å². The second-order valence-corrected chi connectivity index (χ2v) is 5.26. The van der Waals surface area contributed by atoms with Gasteiger partial charge < -0.3 is 14.5 Å². The molecule has 1 N–H and O–H groups in total. The lowest BCUT2D eigenvalue weighted by atomic mass is 10.1. The predicted octanol–water partition coefficient (Wildman–Crippen LogP) is 2.41. The van der Waals surface area contributed by atoms with Gasteiger partial charge in [-0.1, -0.05) is 25.1 Å². The summed E-state index contributed by atoms with van der Waals surface area (Å²) >= 11 is 0. The van der Waals surface area contributed by atoms with Gasteiger partial charge in [0.25, 0.3) is 0 Å². The Hall–Kier alpha value is -1.36. The number of ether oxygens (including phenoxy) is 1. The number of rotatable bonds is 4. The molecule has 2 atom stereocenters. The van der Waals surface area contributed by atoms with Crippen molar-refractivity contribution < 1.29 is 9.15 Å². The molecule has 4 nitrogen and oxygen atoms in total. The Morgan fingerprint density at radius 1 is 1.40 bits per heavy atom. The first kappa shape index (κ1) is 13.6. The average molecular weight is 274 g/mol. The van der Waals surface area contributed by atoms with E-state index in [1.165, 1.54) is 0 Å². The number of likely N-dealkylation sites (N-methyl/N-ethyl adjacent to an activating group) is 2. The molecule has 1 aliphatic rings. The van der Waals surface area contributed by atoms with Gasteiger partial charge in [-0.15, -0.1) is 0 Å². The van der Waals surface area contributed by atoms with E-state index in [1.807, 2.05) is 25.2 Å². The van der Waals surface area contributed by atoms with Crippen molar-refractivity contribution in [3.63, 3.8) is 0 Å². The smallest absolute Gasteiger partial charge is 0.134 e. The number of nitrogens with one attached hydrogen (secondary N) is 1. The molecule has 2 heterocycles. The third-order valence-electron chi connectivity index (χ3n) is 4.06. The highest BCUT2D eigenvalue weighted by molar-refractivity contribution is 5.77. The Balaban J connectivity index is 1.85. The molecule has 0 bridgehead atoms. The third kappa shape index (κ3) is 2.59. The van der Waals surface area contributed by atoms with Crippen molar-refractivity contribution in [2.75, 3.05) is 33.3 Å². The van der Waals surface area contributed by atoms with E-state index in [0.717, 1.165) is 43.0 Å². The number of fused-ring (bicyclic) bond motifs is 1. The highest BCUT2D eigenvalue weighted by Crippen LogP contribution is 2.28. The summed E-state index contributed by atoms with van der Waals surface area (Å²) in [6.07, 6.45) is 0.134. The second kappa shape index (κ2) is 5.95. The minimum Gasteiger partial charge on any atom is -0.459 e. The molecule has 0 spiro atoms. The summed E-state index contributed by atoms with van der Waals surface area (Å²) in [5.41, 5.74) is 0.936. The minimum absolute atomic E-state index is 0.0942. The van der Waals surface area contributed by atoms with Gasteiger partial charge in [-0.2, -0.15) is 0 Å². The molecule has 1 saturated heterocycles. The van der Waals surface area contributed by atoms with Crippen LogP contribution < -0.4 is 5.32 Å². The van der Waals surface area contributed by atoms with E-state index in [9.17, 15) is 0 Å². The van der Waals surface area contributed by atoms with Crippen LogP contribution in [0.5, 0.6) is 0 Å². The summed E-state index contributed by atoms with van der Waals surface area (Å²) in [7, 11) is 1.96. The van der Waals surface area contributed by atoms with Gasteiger partial charge >= 0.3 is 0 Å². The summed E-state index contributed by atoms with van der Waals surface area (Å²) in [4.78, 5) is 2.42. The van der Waals surface area contributed by atoms with Crippen molar-refractivity contribution in [2.45, 2.75) is 19.1 Å². The first-order valence-corrected chi connectivity index (χ1v) is 7.31. The number of para-hydroxylation sites is 1. The molecule has 20 heavy (non-hydrogen) atoms. The lowest BCUT2D eigenvalue weighted by Gasteiger charge is -2.35. The molecule has 2 aromatic rings. The SMILES string of the molecule is CCN1CCOC(C(NC)c2cc3ccccc3o2)C1. The van der Waals surface area contributed by atoms with Gasteiger partial charge in [-0.25, -0.2) is 0 Å². The fraction of sp³-hybridized carbons (Fsp3) is 0.500. The first-order chi connectivity index (χ1) is 9.81. The molecule has 2 unspecified atom stereocenters. The zero-order valence-corrected chi connectivity index (χ0v) is 12.1. The van der Waals surface area contributed by atoms with E-state index in [-0.39, 0.29) is 12.1 Å². The van der Waals surface area contributed by atoms with Crippen molar-refractivity contribution in [2.24, 2.45) is 0 Å². The highest BCUT2D eigenvalue weighted by atomic mass is 16.5. The largest absolute Gasteiger partial charge is 0.459 e. The van der Waals surface area contributed by atoms with Crippen molar-refractivity contribution in [1.82, 2.24) is 10.2 Å². The number of hydrogen-bond donors (Lipinski definition) is 1. The molecule has 3 rings (SSSR count). The van der Waals surface area contributed by atoms with Gasteiger partial charge in [0, 0.05) is 18.5 Å². The monoisotopic (exact) mass is 274 g/mol. The van der Waals surface area contributed by atoms with Crippen molar-refractivity contribution >= 4 is 11.0 Å². The first-order valence-electron chi connectivity index (χ1n) is 7.31. The van der Waals surface area contributed by atoms with E-state index < -0.39 is 0 Å². The van der Waals surface area contributed by atoms with E-state index in [0.29, 0.717) is 0 Å². The van der Waals surface area contributed by atoms with Crippen LogP contribution in [0.1, 0.15) is 18.7 Å². The van der Waals surface area contributed by atoms with Crippen LogP contribution in [0.3, 0.4) is 0 Å². The van der Waals surface area contributed by atoms with Crippen LogP contribution in [0, 0.1) is 0 Å². The van der Waals surface area contributed by atoms with Crippen LogP contribution in [-0.4, -0.2) is 44.3 Å². The summed E-state index contributed by atoms with van der Waals surface area (Å²) in [6.45, 7) is 6.01. The molecular formula is C16H22N2O2. The Morgan fingerprint density at radius 3 is 3.00 bits per heavy atom. The van der Waals surface area contributed by atoms with Crippen LogP contribution >= 0.6 is 0 Å². The summed E-state index contributed by atoms with van der Waals surface area (Å²) in [6, 6.07) is 10.3. The molecule has 4 heteroatoms. The molecule has 0 saturated carbocycles. The lowest BCUT2D eigenvalue weighted by molar-refractivity contribution is -0.0474. The van der Waals surface area contributed by atoms with Crippen molar-refractivity contribution in [3.8, 4) is 0 Å². The molecule has 0 aliphatic carbocycles. The molecule has 1 aromatic carbocycles. The summed E-state index contributed by atoms with van der Waals surface area (Å²) in [5.74, 6) is 0.955. The summed E-state index contributed by atoms with van der Waals surface area (Å²) < 4.78 is 11.9. The quantitative estimate of drug-likeness (QED) is 0.929. The molecule has 1 aromatic heterocycles. The maximum absolute atomic E-state index is 5.98. The van der Waals surface area contributed by atoms with Gasteiger partial charge in [0.2, 0.25) is 0 Å². The van der Waals surface area contributed by atoms with Gasteiger partial charge in [-0.05, 0) is 25.7 Å². The van der Waals surface area contributed by atoms with Crippen LogP contribution in [0.25, 0.3) is 11.0 Å². The van der Waals surface area contributed by atoms with E-state index in [1.54, 1.807) is 0 Å². The number of benzene rings is 1. The standard InChI is InChI=1S/C16H22N2O2/c1-3-18-8-9-19-15(11-18)16(17-2)14-10-12-6-4-5-7-13(12)20-14/h4-7,10,15-17H,3,8-9,11H2,1-2H3. The Bertz CT molecular complexity index is 533. The molecule has 0 radical (unpaired) electrons. The minimum atomic E-state index is 0.0942. The fourth-order valence-electron chi connectivity index (χ4n) is 2.89. The van der Waals surface area contributed by atoms with Gasteiger partial charge in [-0.3, -0.25) is 4.90 Å². The number of morpholine rings is 1. The molecule has 108 valence electrons. The highest BCUT2D eigenvalue weighted by Gasteiger charge is 2.30. The second-order valence-electron chi connectivity index (χ2n) is 5.26. The number of furan rings is 1. The third-order valence-corrected chi connectivity index (χ3v) is 4.06. The van der Waals surface area contributed by atoms with E-state index in [4.69, 9.17) is 9.15 Å². The predicted molar refractivity (Wildman–Crippen MR) is 79.9 cm³/mol.